The van der Waals surface area contributed by atoms with Crippen molar-refractivity contribution < 1.29 is 36.2 Å². The lowest BCUT2D eigenvalue weighted by Crippen LogP contribution is -2.46. The third-order valence-corrected chi connectivity index (χ3v) is 6.63. The molecule has 3 aromatic rings. The summed E-state index contributed by atoms with van der Waals surface area (Å²) in [6.07, 6.45) is -4.84. The van der Waals surface area contributed by atoms with Crippen LogP contribution >= 0.6 is 0 Å². The predicted octanol–water partition coefficient (Wildman–Crippen LogP) is 4.17. The molecular formula is C22H21F5N4O3. The number of carbonyl (C=O) groups excluding carboxylic acids is 1. The fourth-order valence-corrected chi connectivity index (χ4v) is 4.61. The Labute approximate surface area is 190 Å². The van der Waals surface area contributed by atoms with Gasteiger partial charge in [0.25, 0.3) is 5.91 Å². The van der Waals surface area contributed by atoms with Gasteiger partial charge in [-0.3, -0.25) is 4.79 Å². The first-order valence-electron chi connectivity index (χ1n) is 10.2. The van der Waals surface area contributed by atoms with Crippen molar-refractivity contribution in [2.24, 2.45) is 18.7 Å². The molecule has 182 valence electrons. The fraction of sp³-hybridized carbons (Fsp3) is 0.409. The van der Waals surface area contributed by atoms with E-state index in [2.05, 4.69) is 9.97 Å². The number of hydrogen-bond donors (Lipinski definition) is 1. The third kappa shape index (κ3) is 3.30. The van der Waals surface area contributed by atoms with Crippen LogP contribution in [0.2, 0.25) is 0 Å². The summed E-state index contributed by atoms with van der Waals surface area (Å²) in [4.78, 5) is 20.1. The van der Waals surface area contributed by atoms with E-state index in [9.17, 15) is 26.7 Å². The molecule has 4 rings (SSSR count). The number of aromatic nitrogens is 3. The van der Waals surface area contributed by atoms with Gasteiger partial charge < -0.3 is 19.8 Å². The molecule has 7 nitrogen and oxygen atoms in total. The predicted molar refractivity (Wildman–Crippen MR) is 110 cm³/mol. The summed E-state index contributed by atoms with van der Waals surface area (Å²) in [6.45, 7) is 2.22. The maximum Gasteiger partial charge on any atom is 0.417 e. The van der Waals surface area contributed by atoms with Gasteiger partial charge in [0.05, 0.1) is 12.6 Å². The number of methoxy groups -OCH3 is 1. The van der Waals surface area contributed by atoms with Gasteiger partial charge in [-0.2, -0.15) is 17.6 Å². The van der Waals surface area contributed by atoms with Crippen molar-refractivity contribution in [2.45, 2.75) is 37.6 Å². The monoisotopic (exact) mass is 484 g/mol. The number of imidazole rings is 1. The van der Waals surface area contributed by atoms with Crippen LogP contribution in [-0.2, 0) is 11.8 Å². The Balaban J connectivity index is 1.99. The highest BCUT2D eigenvalue weighted by Crippen LogP contribution is 2.59. The molecule has 0 bridgehead atoms. The van der Waals surface area contributed by atoms with E-state index in [0.29, 0.717) is 5.52 Å². The molecule has 0 saturated carbocycles. The van der Waals surface area contributed by atoms with Crippen molar-refractivity contribution in [3.05, 3.63) is 53.1 Å². The molecule has 2 N–H and O–H groups in total. The molecule has 3 heterocycles. The van der Waals surface area contributed by atoms with Gasteiger partial charge >= 0.3 is 6.18 Å². The van der Waals surface area contributed by atoms with Crippen LogP contribution in [0.3, 0.4) is 0 Å². The Morgan fingerprint density at radius 1 is 1.26 bits per heavy atom. The number of fused-ring (bicyclic) bond motifs is 1. The second kappa shape index (κ2) is 7.90. The number of nitrogens with two attached hydrogens (primary N) is 1. The van der Waals surface area contributed by atoms with Crippen molar-refractivity contribution in [1.82, 2.24) is 14.5 Å². The molecule has 0 unspecified atom stereocenters. The topological polar surface area (TPSA) is 92.3 Å². The normalized spacial score (nSPS) is 25.1. The van der Waals surface area contributed by atoms with E-state index >= 15 is 0 Å². The molecule has 0 radical (unpaired) electrons. The van der Waals surface area contributed by atoms with Gasteiger partial charge in [-0.25, -0.2) is 14.4 Å². The van der Waals surface area contributed by atoms with Crippen molar-refractivity contribution >= 4 is 16.9 Å². The average Bonchev–Trinajstić information content (AvgIpc) is 3.24. The number of pyridine rings is 1. The van der Waals surface area contributed by atoms with Gasteiger partial charge in [0, 0.05) is 30.6 Å². The first-order valence-corrected chi connectivity index (χ1v) is 10.2. The Morgan fingerprint density at radius 3 is 2.53 bits per heavy atom. The molecule has 34 heavy (non-hydrogen) atoms. The van der Waals surface area contributed by atoms with Crippen LogP contribution in [0.4, 0.5) is 22.0 Å². The van der Waals surface area contributed by atoms with Gasteiger partial charge in [-0.15, -0.1) is 0 Å². The largest absolute Gasteiger partial charge is 0.493 e. The summed E-state index contributed by atoms with van der Waals surface area (Å²) < 4.78 is 83.1. The second-order valence-electron chi connectivity index (χ2n) is 8.36. The lowest BCUT2D eigenvalue weighted by atomic mass is 9.77. The number of ether oxygens (including phenoxy) is 2. The highest BCUT2D eigenvalue weighted by molar-refractivity contribution is 6.02. The quantitative estimate of drug-likeness (QED) is 0.562. The number of nitrogens with zero attached hydrogens (tertiary/aromatic N) is 3. The number of amides is 1. The van der Waals surface area contributed by atoms with Gasteiger partial charge in [0.2, 0.25) is 5.82 Å². The van der Waals surface area contributed by atoms with Crippen LogP contribution in [0.15, 0.2) is 24.4 Å². The number of rotatable bonds is 4. The Hall–Kier alpha value is -3.28. The summed E-state index contributed by atoms with van der Waals surface area (Å²) in [5.74, 6) is -6.28. The van der Waals surface area contributed by atoms with Crippen molar-refractivity contribution in [3.63, 3.8) is 0 Å². The van der Waals surface area contributed by atoms with E-state index in [0.717, 1.165) is 20.1 Å². The lowest BCUT2D eigenvalue weighted by molar-refractivity contribution is -0.275. The van der Waals surface area contributed by atoms with Crippen LogP contribution in [0.25, 0.3) is 11.0 Å². The third-order valence-electron chi connectivity index (χ3n) is 6.63. The summed E-state index contributed by atoms with van der Waals surface area (Å²) in [5.41, 5.74) is 3.02. The molecule has 1 aromatic carbocycles. The Kier molecular flexibility index (Phi) is 5.54. The average molecular weight is 484 g/mol. The molecule has 0 aliphatic carbocycles. The standard InChI is InChI=1S/C22H21F5N4O3/c1-9-13(10-5-6-11(23)14(24)17(10)33-4)18(34-21(9,2)22(25,26)27)20-30-15-12(31(20)3)7-8-29-16(15)19(28)32/h5-9,13,18H,1-4H3,(H2,28,32)/t9-,13-,18+,21+/m0/s1. The molecule has 0 spiro atoms. The van der Waals surface area contributed by atoms with E-state index in [4.69, 9.17) is 15.2 Å². The van der Waals surface area contributed by atoms with E-state index in [1.54, 1.807) is 0 Å². The summed E-state index contributed by atoms with van der Waals surface area (Å²) in [6, 6.07) is 3.52. The number of halogens is 5. The minimum Gasteiger partial charge on any atom is -0.493 e. The van der Waals surface area contributed by atoms with E-state index in [1.165, 1.54) is 36.9 Å². The van der Waals surface area contributed by atoms with Crippen LogP contribution < -0.4 is 10.5 Å². The Bertz CT molecular complexity index is 1290. The Morgan fingerprint density at radius 2 is 1.94 bits per heavy atom. The molecule has 1 aliphatic heterocycles. The van der Waals surface area contributed by atoms with Crippen LogP contribution in [-0.4, -0.2) is 39.3 Å². The highest BCUT2D eigenvalue weighted by Gasteiger charge is 2.65. The summed E-state index contributed by atoms with van der Waals surface area (Å²) in [7, 11) is 2.63. The molecule has 2 aromatic heterocycles. The van der Waals surface area contributed by atoms with Crippen LogP contribution in [0, 0.1) is 17.6 Å². The zero-order valence-electron chi connectivity index (χ0n) is 18.6. The van der Waals surface area contributed by atoms with Crippen LogP contribution in [0.5, 0.6) is 5.75 Å². The smallest absolute Gasteiger partial charge is 0.417 e. The molecule has 1 fully saturated rings. The molecule has 1 saturated heterocycles. The lowest BCUT2D eigenvalue weighted by Gasteiger charge is -2.32. The maximum atomic E-state index is 14.5. The van der Waals surface area contributed by atoms with Crippen molar-refractivity contribution in [3.8, 4) is 5.75 Å². The zero-order chi connectivity index (χ0) is 25.2. The number of carbonyl (C=O) groups is 1. The molecule has 1 aliphatic rings. The van der Waals surface area contributed by atoms with E-state index < -0.39 is 53.0 Å². The number of primary amides is 1. The SMILES string of the molecule is COc1c([C@H]2[C@H](c3nc4c(C(N)=O)nccc4n3C)O[C@@](C)(C(F)(F)F)[C@H]2C)ccc(F)c1F. The van der Waals surface area contributed by atoms with Gasteiger partial charge in [0.1, 0.15) is 17.4 Å². The molecular weight excluding hydrogens is 463 g/mol. The number of benzene rings is 1. The van der Waals surface area contributed by atoms with Gasteiger partial charge in [-0.1, -0.05) is 13.0 Å². The van der Waals surface area contributed by atoms with E-state index in [-0.39, 0.29) is 22.6 Å². The minimum atomic E-state index is -4.80. The summed E-state index contributed by atoms with van der Waals surface area (Å²) in [5, 5.41) is 0. The zero-order valence-corrected chi connectivity index (χ0v) is 18.6. The number of hydrogen-bond acceptors (Lipinski definition) is 5. The highest BCUT2D eigenvalue weighted by atomic mass is 19.4. The first-order chi connectivity index (χ1) is 15.8. The number of alkyl halides is 3. The first kappa shape index (κ1) is 23.9. The van der Waals surface area contributed by atoms with Crippen molar-refractivity contribution in [1.29, 1.82) is 0 Å². The van der Waals surface area contributed by atoms with Crippen molar-refractivity contribution in [2.75, 3.05) is 7.11 Å². The number of aryl methyl sites for hydroxylation is 1. The maximum absolute atomic E-state index is 14.5. The van der Waals surface area contributed by atoms with Gasteiger partial charge in [-0.05, 0) is 19.1 Å². The van der Waals surface area contributed by atoms with Crippen LogP contribution in [0.1, 0.15) is 47.7 Å². The molecule has 12 heteroatoms. The second-order valence-corrected chi connectivity index (χ2v) is 8.36. The fourth-order valence-electron chi connectivity index (χ4n) is 4.61. The summed E-state index contributed by atoms with van der Waals surface area (Å²) >= 11 is 0. The van der Waals surface area contributed by atoms with Gasteiger partial charge in [0.15, 0.2) is 22.9 Å². The molecule has 4 atom stereocenters. The minimum absolute atomic E-state index is 0.00724. The molecule has 1 amide bonds. The van der Waals surface area contributed by atoms with E-state index in [1.807, 2.05) is 0 Å².